The monoisotopic (exact) mass is 324 g/mol. The molecule has 0 aromatic heterocycles. The van der Waals surface area contributed by atoms with Gasteiger partial charge in [0.2, 0.25) is 0 Å². The maximum atomic E-state index is 11.7. The van der Waals surface area contributed by atoms with E-state index in [4.69, 9.17) is 0 Å². The minimum Gasteiger partial charge on any atom is -0.481 e. The molecule has 3 nitrogen and oxygen atoms in total. The van der Waals surface area contributed by atoms with Gasteiger partial charge in [-0.2, -0.15) is 0 Å². The molecule has 0 fully saturated rings. The number of ketones is 1. The van der Waals surface area contributed by atoms with Crippen molar-refractivity contribution in [2.45, 2.75) is 45.4 Å². The number of aliphatic carboxylic acids is 1. The van der Waals surface area contributed by atoms with E-state index in [0.29, 0.717) is 12.0 Å². The molecule has 0 aliphatic heterocycles. The van der Waals surface area contributed by atoms with Crippen LogP contribution in [-0.4, -0.2) is 16.9 Å². The van der Waals surface area contributed by atoms with Gasteiger partial charge in [-0.25, -0.2) is 0 Å². The van der Waals surface area contributed by atoms with Gasteiger partial charge in [-0.05, 0) is 35.4 Å². The van der Waals surface area contributed by atoms with Crippen LogP contribution in [0.25, 0.3) is 0 Å². The van der Waals surface area contributed by atoms with Crippen molar-refractivity contribution in [2.75, 3.05) is 0 Å². The second-order valence-electron chi connectivity index (χ2n) is 7.22. The minimum atomic E-state index is -0.839. The fourth-order valence-electron chi connectivity index (χ4n) is 2.67. The van der Waals surface area contributed by atoms with Crippen LogP contribution in [0.2, 0.25) is 0 Å². The summed E-state index contributed by atoms with van der Waals surface area (Å²) in [5, 5.41) is 9.61. The first kappa shape index (κ1) is 17.9. The molecule has 2 rings (SSSR count). The van der Waals surface area contributed by atoms with Crippen molar-refractivity contribution in [3.8, 4) is 0 Å². The van der Waals surface area contributed by atoms with Gasteiger partial charge < -0.3 is 5.11 Å². The highest BCUT2D eigenvalue weighted by atomic mass is 16.4. The van der Waals surface area contributed by atoms with Crippen LogP contribution in [0.1, 0.15) is 60.7 Å². The second kappa shape index (κ2) is 7.00. The van der Waals surface area contributed by atoms with E-state index in [1.807, 2.05) is 36.4 Å². The van der Waals surface area contributed by atoms with Crippen LogP contribution in [0.3, 0.4) is 0 Å². The molecule has 0 spiro atoms. The number of carbonyl (C=O) groups excluding carboxylic acids is 1. The highest BCUT2D eigenvalue weighted by Gasteiger charge is 2.21. The van der Waals surface area contributed by atoms with Crippen LogP contribution >= 0.6 is 0 Å². The second-order valence-corrected chi connectivity index (χ2v) is 7.22. The Morgan fingerprint density at radius 2 is 1.50 bits per heavy atom. The lowest BCUT2D eigenvalue weighted by molar-refractivity contribution is -0.138. The molecular weight excluding hydrogens is 300 g/mol. The molecule has 3 heteroatoms. The molecule has 0 radical (unpaired) electrons. The third-order valence-corrected chi connectivity index (χ3v) is 4.28. The van der Waals surface area contributed by atoms with Gasteiger partial charge in [0.05, 0.1) is 5.92 Å². The Hall–Kier alpha value is -2.42. The standard InChI is InChI=1S/C21H24O3/c1-14(22)16-7-5-15(6-8-16)13-19(20(23)24)17-9-11-18(12-10-17)21(2,3)4/h5-12,19H,13H2,1-4H3,(H,23,24)/t19-/m1/s1. The van der Waals surface area contributed by atoms with Crippen LogP contribution in [-0.2, 0) is 16.6 Å². The summed E-state index contributed by atoms with van der Waals surface area (Å²) in [6.07, 6.45) is 0.405. The van der Waals surface area contributed by atoms with Crippen LogP contribution < -0.4 is 0 Å². The Balaban J connectivity index is 2.23. The van der Waals surface area contributed by atoms with Gasteiger partial charge in [0.1, 0.15) is 0 Å². The van der Waals surface area contributed by atoms with Crippen molar-refractivity contribution < 1.29 is 14.7 Å². The average Bonchev–Trinajstić information content (AvgIpc) is 2.52. The van der Waals surface area contributed by atoms with E-state index < -0.39 is 11.9 Å². The van der Waals surface area contributed by atoms with Crippen molar-refractivity contribution in [1.29, 1.82) is 0 Å². The van der Waals surface area contributed by atoms with Gasteiger partial charge in [0.15, 0.2) is 5.78 Å². The zero-order valence-corrected chi connectivity index (χ0v) is 14.7. The third-order valence-electron chi connectivity index (χ3n) is 4.28. The summed E-state index contributed by atoms with van der Waals surface area (Å²) in [7, 11) is 0. The highest BCUT2D eigenvalue weighted by molar-refractivity contribution is 5.94. The molecule has 1 N–H and O–H groups in total. The van der Waals surface area contributed by atoms with Gasteiger partial charge in [-0.3, -0.25) is 9.59 Å². The van der Waals surface area contributed by atoms with Crippen molar-refractivity contribution in [3.05, 3.63) is 70.8 Å². The van der Waals surface area contributed by atoms with Crippen molar-refractivity contribution in [2.24, 2.45) is 0 Å². The summed E-state index contributed by atoms with van der Waals surface area (Å²) >= 11 is 0. The maximum Gasteiger partial charge on any atom is 0.311 e. The van der Waals surface area contributed by atoms with Gasteiger partial charge in [0.25, 0.3) is 0 Å². The lowest BCUT2D eigenvalue weighted by Crippen LogP contribution is -2.16. The van der Waals surface area contributed by atoms with E-state index in [1.165, 1.54) is 12.5 Å². The number of Topliss-reactive ketones (excluding diaryl/α,β-unsaturated/α-hetero) is 1. The lowest BCUT2D eigenvalue weighted by atomic mass is 9.84. The predicted molar refractivity (Wildman–Crippen MR) is 95.7 cm³/mol. The van der Waals surface area contributed by atoms with E-state index in [2.05, 4.69) is 20.8 Å². The molecule has 0 heterocycles. The molecule has 0 unspecified atom stereocenters. The van der Waals surface area contributed by atoms with Crippen LogP contribution in [0.5, 0.6) is 0 Å². The summed E-state index contributed by atoms with van der Waals surface area (Å²) in [6, 6.07) is 15.0. The topological polar surface area (TPSA) is 54.4 Å². The van der Waals surface area contributed by atoms with Gasteiger partial charge in [0, 0.05) is 5.56 Å². The molecule has 2 aromatic rings. The first-order chi connectivity index (χ1) is 11.2. The molecule has 0 saturated heterocycles. The Morgan fingerprint density at radius 3 is 1.92 bits per heavy atom. The third kappa shape index (κ3) is 4.31. The Labute approximate surface area is 143 Å². The average molecular weight is 324 g/mol. The quantitative estimate of drug-likeness (QED) is 0.818. The van der Waals surface area contributed by atoms with Crippen molar-refractivity contribution in [3.63, 3.8) is 0 Å². The van der Waals surface area contributed by atoms with E-state index in [1.54, 1.807) is 12.1 Å². The Bertz CT molecular complexity index is 719. The zero-order valence-electron chi connectivity index (χ0n) is 14.7. The molecule has 0 amide bonds. The van der Waals surface area contributed by atoms with Gasteiger partial charge in [-0.1, -0.05) is 69.3 Å². The summed E-state index contributed by atoms with van der Waals surface area (Å²) in [5.41, 5.74) is 3.57. The molecule has 0 saturated carbocycles. The van der Waals surface area contributed by atoms with Gasteiger partial charge in [-0.15, -0.1) is 0 Å². The molecule has 0 aliphatic rings. The van der Waals surface area contributed by atoms with Crippen LogP contribution in [0.4, 0.5) is 0 Å². The van der Waals surface area contributed by atoms with E-state index in [9.17, 15) is 14.7 Å². The fourth-order valence-corrected chi connectivity index (χ4v) is 2.67. The highest BCUT2D eigenvalue weighted by Crippen LogP contribution is 2.26. The molecule has 24 heavy (non-hydrogen) atoms. The maximum absolute atomic E-state index is 11.7. The van der Waals surface area contributed by atoms with Crippen LogP contribution in [0.15, 0.2) is 48.5 Å². The zero-order chi connectivity index (χ0) is 17.9. The SMILES string of the molecule is CC(=O)c1ccc(C[C@@H](C(=O)O)c2ccc(C(C)(C)C)cc2)cc1. The van der Waals surface area contributed by atoms with Crippen LogP contribution in [0, 0.1) is 0 Å². The minimum absolute atomic E-state index is 0.00843. The van der Waals surface area contributed by atoms with Crippen molar-refractivity contribution in [1.82, 2.24) is 0 Å². The molecule has 2 aromatic carbocycles. The largest absolute Gasteiger partial charge is 0.481 e. The summed E-state index contributed by atoms with van der Waals surface area (Å²) in [5.74, 6) is -1.43. The van der Waals surface area contributed by atoms with E-state index in [0.717, 1.165) is 11.1 Å². The van der Waals surface area contributed by atoms with E-state index in [-0.39, 0.29) is 11.2 Å². The fraction of sp³-hybridized carbons (Fsp3) is 0.333. The molecule has 0 aliphatic carbocycles. The summed E-state index contributed by atoms with van der Waals surface area (Å²) in [4.78, 5) is 23.0. The van der Waals surface area contributed by atoms with Crippen molar-refractivity contribution >= 4 is 11.8 Å². The lowest BCUT2D eigenvalue weighted by Gasteiger charge is -2.20. The predicted octanol–water partition coefficient (Wildman–Crippen LogP) is 4.60. The first-order valence-electron chi connectivity index (χ1n) is 8.11. The summed E-state index contributed by atoms with van der Waals surface area (Å²) in [6.45, 7) is 7.92. The number of hydrogen-bond acceptors (Lipinski definition) is 2. The summed E-state index contributed by atoms with van der Waals surface area (Å²) < 4.78 is 0. The molecule has 126 valence electrons. The number of benzene rings is 2. The smallest absolute Gasteiger partial charge is 0.311 e. The first-order valence-corrected chi connectivity index (χ1v) is 8.11. The molecule has 0 bridgehead atoms. The number of rotatable bonds is 5. The normalized spacial score (nSPS) is 12.7. The Kier molecular flexibility index (Phi) is 5.23. The Morgan fingerprint density at radius 1 is 0.958 bits per heavy atom. The number of carbonyl (C=O) groups is 2. The molecular formula is C21H24O3. The number of hydrogen-bond donors (Lipinski definition) is 1. The molecule has 1 atom stereocenters. The van der Waals surface area contributed by atoms with Gasteiger partial charge >= 0.3 is 5.97 Å². The number of carboxylic acid groups (broad SMARTS) is 1. The van der Waals surface area contributed by atoms with E-state index >= 15 is 0 Å². The number of carboxylic acids is 1.